The molecule has 220 valence electrons. The van der Waals surface area contributed by atoms with Gasteiger partial charge in [-0.3, -0.25) is 14.5 Å². The van der Waals surface area contributed by atoms with Crippen LogP contribution >= 0.6 is 59.9 Å². The molecule has 1 atom stereocenters. The van der Waals surface area contributed by atoms with Gasteiger partial charge in [0.25, 0.3) is 11.8 Å². The van der Waals surface area contributed by atoms with Gasteiger partial charge in [-0.2, -0.15) is 13.5 Å². The minimum atomic E-state index is -1.72. The Hall–Kier alpha value is -1.43. The number of likely N-dealkylation sites (N-methyl/N-ethyl adjacent to an activating group) is 1. The molecule has 8 nitrogen and oxygen atoms in total. The first-order chi connectivity index (χ1) is 18.4. The fraction of sp³-hybridized carbons (Fsp3) is 0.481. The van der Waals surface area contributed by atoms with Crippen molar-refractivity contribution in [2.45, 2.75) is 37.5 Å². The summed E-state index contributed by atoms with van der Waals surface area (Å²) in [6, 6.07) is 8.61. The number of rotatable bonds is 8. The molecule has 2 fully saturated rings. The van der Waals surface area contributed by atoms with Crippen molar-refractivity contribution in [1.29, 1.82) is 0 Å². The first-order valence-corrected chi connectivity index (χ1v) is 14.3. The lowest BCUT2D eigenvalue weighted by atomic mass is 9.92. The first-order valence-electron chi connectivity index (χ1n) is 12.7. The number of nitrogens with zero attached hydrogens (tertiary/aromatic N) is 3. The number of hydrogen-bond acceptors (Lipinski definition) is 6. The Morgan fingerprint density at radius 3 is 2.10 bits per heavy atom. The van der Waals surface area contributed by atoms with Crippen molar-refractivity contribution in [1.82, 2.24) is 14.7 Å². The van der Waals surface area contributed by atoms with E-state index in [1.165, 1.54) is 11.8 Å². The highest BCUT2D eigenvalue weighted by Gasteiger charge is 2.40. The van der Waals surface area contributed by atoms with E-state index in [-0.39, 0.29) is 60.1 Å². The van der Waals surface area contributed by atoms with Crippen LogP contribution in [0.4, 0.5) is 5.69 Å². The third kappa shape index (κ3) is 7.31. The molecule has 0 aliphatic carbocycles. The maximum atomic E-state index is 13.2. The molecule has 0 radical (unpaired) electrons. The van der Waals surface area contributed by atoms with Crippen molar-refractivity contribution in [3.05, 3.63) is 61.5 Å². The molecule has 13 heteroatoms. The van der Waals surface area contributed by atoms with Crippen molar-refractivity contribution in [3.63, 3.8) is 0 Å². The highest BCUT2D eigenvalue weighted by Crippen LogP contribution is 2.33. The third-order valence-corrected chi connectivity index (χ3v) is 8.46. The van der Waals surface area contributed by atoms with Crippen molar-refractivity contribution in [3.8, 4) is 0 Å². The molecule has 4 rings (SSSR count). The normalized spacial score (nSPS) is 17.9. The molecule has 2 aromatic carbocycles. The molecule has 0 aromatic heterocycles. The summed E-state index contributed by atoms with van der Waals surface area (Å²) < 4.78 is 0. The second-order valence-electron chi connectivity index (χ2n) is 10.3. The molecular weight excluding hydrogens is 618 g/mol. The average Bonchev–Trinajstić information content (AvgIpc) is 2.84. The number of hydrogen-bond donors (Lipinski definition) is 3. The van der Waals surface area contributed by atoms with Gasteiger partial charge in [-0.15, -0.1) is 0 Å². The summed E-state index contributed by atoms with van der Waals surface area (Å²) in [5.74, 6) is -0.705. The maximum absolute atomic E-state index is 13.2. The van der Waals surface area contributed by atoms with Crippen LogP contribution in [0.2, 0.25) is 20.1 Å². The van der Waals surface area contributed by atoms with Crippen LogP contribution in [-0.4, -0.2) is 95.2 Å². The number of aliphatic hydroxyl groups is 2. The van der Waals surface area contributed by atoms with Gasteiger partial charge in [0.05, 0.1) is 28.3 Å². The van der Waals surface area contributed by atoms with Crippen LogP contribution in [0.15, 0.2) is 30.3 Å². The molecule has 2 aliphatic rings. The fourth-order valence-corrected chi connectivity index (χ4v) is 6.32. The van der Waals surface area contributed by atoms with Crippen LogP contribution in [0.5, 0.6) is 0 Å². The Morgan fingerprint density at radius 2 is 1.57 bits per heavy atom. The Kier molecular flexibility index (Phi) is 11.3. The Morgan fingerprint density at radius 1 is 1.02 bits per heavy atom. The molecule has 2 amide bonds. The minimum Gasteiger partial charge on any atom is -0.395 e. The summed E-state index contributed by atoms with van der Waals surface area (Å²) in [4.78, 5) is 31.2. The predicted octanol–water partition coefficient (Wildman–Crippen LogP) is 4.47. The lowest BCUT2D eigenvalue weighted by Gasteiger charge is -2.48. The number of likely N-dealkylation sites (tertiary alicyclic amines) is 2. The Labute approximate surface area is 261 Å². The van der Waals surface area contributed by atoms with Gasteiger partial charge in [-0.1, -0.05) is 46.4 Å². The Balaban J connectivity index is 0.00000441. The first kappa shape index (κ1) is 33.1. The largest absolute Gasteiger partial charge is 0.395 e. The molecule has 3 N–H and O–H groups in total. The molecule has 2 saturated heterocycles. The predicted molar refractivity (Wildman–Crippen MR) is 166 cm³/mol. The van der Waals surface area contributed by atoms with Gasteiger partial charge < -0.3 is 25.3 Å². The van der Waals surface area contributed by atoms with Crippen molar-refractivity contribution >= 4 is 77.4 Å². The standard InChI is InChI=1S/C27H32Cl4N4O4.H2S/c1-27(39,16-9-17(28)11-18(29)10-16)26(38)34-5-3-21(4-6-34)35-14-20(15-35)32-19-12-22(30)24(23(31)13-19)25(37)33(2)7-8-36;/h9-13,20-21,32,36,39H,3-8,14-15H2,1-2H3;1H2/t27-;/m0./s1. The van der Waals surface area contributed by atoms with Gasteiger partial charge in [0.2, 0.25) is 0 Å². The van der Waals surface area contributed by atoms with Crippen LogP contribution in [0, 0.1) is 0 Å². The number of anilines is 1. The van der Waals surface area contributed by atoms with Crippen molar-refractivity contribution in [2.75, 3.05) is 51.7 Å². The van der Waals surface area contributed by atoms with Crippen LogP contribution in [0.1, 0.15) is 35.7 Å². The van der Waals surface area contributed by atoms with Gasteiger partial charge in [0.15, 0.2) is 5.60 Å². The van der Waals surface area contributed by atoms with Crippen molar-refractivity contribution in [2.24, 2.45) is 0 Å². The van der Waals surface area contributed by atoms with Gasteiger partial charge in [-0.05, 0) is 55.7 Å². The van der Waals surface area contributed by atoms with Gasteiger partial charge >= 0.3 is 0 Å². The minimum absolute atomic E-state index is 0. The van der Waals surface area contributed by atoms with Crippen LogP contribution in [0.3, 0.4) is 0 Å². The van der Waals surface area contributed by atoms with E-state index in [0.29, 0.717) is 34.7 Å². The van der Waals surface area contributed by atoms with E-state index in [1.54, 1.807) is 42.3 Å². The highest BCUT2D eigenvalue weighted by atomic mass is 35.5. The molecule has 0 saturated carbocycles. The van der Waals surface area contributed by atoms with E-state index in [4.69, 9.17) is 51.5 Å². The topological polar surface area (TPSA) is 96.4 Å². The smallest absolute Gasteiger partial charge is 0.258 e. The zero-order chi connectivity index (χ0) is 28.5. The maximum Gasteiger partial charge on any atom is 0.258 e. The summed E-state index contributed by atoms with van der Waals surface area (Å²) >= 11 is 24.9. The summed E-state index contributed by atoms with van der Waals surface area (Å²) in [5, 5.41) is 24.8. The van der Waals surface area contributed by atoms with Crippen LogP contribution in [-0.2, 0) is 10.4 Å². The zero-order valence-electron chi connectivity index (χ0n) is 22.3. The number of carbonyl (C=O) groups excluding carboxylic acids is 2. The molecule has 2 aliphatic heterocycles. The lowest BCUT2D eigenvalue weighted by molar-refractivity contribution is -0.152. The number of amides is 2. The number of carbonyl (C=O) groups is 2. The van der Waals surface area contributed by atoms with E-state index in [0.717, 1.165) is 31.6 Å². The summed E-state index contributed by atoms with van der Waals surface area (Å²) in [6.07, 6.45) is 1.61. The van der Waals surface area contributed by atoms with E-state index >= 15 is 0 Å². The second-order valence-corrected chi connectivity index (χ2v) is 12.0. The molecule has 2 heterocycles. The van der Waals surface area contributed by atoms with Crippen LogP contribution in [0.25, 0.3) is 0 Å². The van der Waals surface area contributed by atoms with E-state index in [2.05, 4.69) is 10.2 Å². The number of benzene rings is 2. The van der Waals surface area contributed by atoms with Crippen molar-refractivity contribution < 1.29 is 19.8 Å². The van der Waals surface area contributed by atoms with E-state index < -0.39 is 5.60 Å². The third-order valence-electron chi connectivity index (χ3n) is 7.43. The molecule has 40 heavy (non-hydrogen) atoms. The lowest BCUT2D eigenvalue weighted by Crippen LogP contribution is -2.61. The average molecular weight is 652 g/mol. The van der Waals surface area contributed by atoms with E-state index in [1.807, 2.05) is 0 Å². The molecule has 0 bridgehead atoms. The summed E-state index contributed by atoms with van der Waals surface area (Å²) in [7, 11) is 1.58. The zero-order valence-corrected chi connectivity index (χ0v) is 26.3. The quantitative estimate of drug-likeness (QED) is 0.390. The molecule has 0 spiro atoms. The van der Waals surface area contributed by atoms with Gasteiger partial charge in [-0.25, -0.2) is 0 Å². The Bertz CT molecular complexity index is 1190. The van der Waals surface area contributed by atoms with Crippen LogP contribution < -0.4 is 5.32 Å². The fourth-order valence-electron chi connectivity index (χ4n) is 5.14. The SMILES string of the molecule is CN(CCO)C(=O)c1c(Cl)cc(NC2CN(C3CCN(C(=O)[C@@](C)(O)c4cc(Cl)cc(Cl)c4)CC3)C2)cc1Cl.S. The summed E-state index contributed by atoms with van der Waals surface area (Å²) in [5.41, 5.74) is -0.392. The van der Waals surface area contributed by atoms with E-state index in [9.17, 15) is 14.7 Å². The highest BCUT2D eigenvalue weighted by molar-refractivity contribution is 7.59. The number of halogens is 4. The molecular formula is C27H34Cl4N4O4S. The number of aliphatic hydroxyl groups excluding tert-OH is 1. The molecule has 2 aromatic rings. The van der Waals surface area contributed by atoms with Gasteiger partial charge in [0.1, 0.15) is 0 Å². The monoisotopic (exact) mass is 650 g/mol. The number of piperidine rings is 1. The molecule has 0 unspecified atom stereocenters. The summed E-state index contributed by atoms with van der Waals surface area (Å²) in [6.45, 7) is 4.26. The number of nitrogens with one attached hydrogen (secondary N) is 1. The van der Waals surface area contributed by atoms with Gasteiger partial charge in [0, 0.05) is 61.5 Å². The second kappa shape index (κ2) is 13.7.